The molecule has 0 fully saturated rings. The molecule has 1 heteroatoms. The van der Waals surface area contributed by atoms with Crippen molar-refractivity contribution in [1.82, 2.24) is 0 Å². The highest BCUT2D eigenvalue weighted by Gasteiger charge is 2.14. The fraction of sp³-hybridized carbons (Fsp3) is 0.385. The van der Waals surface area contributed by atoms with E-state index in [-0.39, 0.29) is 6.04 Å². The summed E-state index contributed by atoms with van der Waals surface area (Å²) in [5.41, 5.74) is 10.2. The summed E-state index contributed by atoms with van der Waals surface area (Å²) in [6, 6.07) is 6.48. The summed E-state index contributed by atoms with van der Waals surface area (Å²) in [6.07, 6.45) is 6.85. The first-order valence-electron chi connectivity index (χ1n) is 5.31. The molecule has 1 aromatic carbocycles. The first kappa shape index (κ1) is 9.47. The SMILES string of the molecule is C=C[C@@H](N)c1cccc2c1CCCC2. The van der Waals surface area contributed by atoms with Crippen LogP contribution in [0.5, 0.6) is 0 Å². The van der Waals surface area contributed by atoms with Crippen LogP contribution in [-0.2, 0) is 12.8 Å². The molecule has 0 bridgehead atoms. The number of hydrogen-bond donors (Lipinski definition) is 1. The standard InChI is InChI=1S/C13H17N/c1-2-13(14)12-9-5-7-10-6-3-4-8-11(10)12/h2,5,7,9,13H,1,3-4,6,8,14H2/t13-/m1/s1. The van der Waals surface area contributed by atoms with Crippen LogP contribution < -0.4 is 5.73 Å². The lowest BCUT2D eigenvalue weighted by Crippen LogP contribution is -2.13. The van der Waals surface area contributed by atoms with Crippen LogP contribution in [0.1, 0.15) is 35.6 Å². The van der Waals surface area contributed by atoms with E-state index in [0.29, 0.717) is 0 Å². The molecule has 2 rings (SSSR count). The predicted molar refractivity (Wildman–Crippen MR) is 60.2 cm³/mol. The Morgan fingerprint density at radius 3 is 2.86 bits per heavy atom. The van der Waals surface area contributed by atoms with Gasteiger partial charge in [0.05, 0.1) is 0 Å². The number of rotatable bonds is 2. The summed E-state index contributed by atoms with van der Waals surface area (Å²) in [5.74, 6) is 0. The van der Waals surface area contributed by atoms with Crippen molar-refractivity contribution < 1.29 is 0 Å². The van der Waals surface area contributed by atoms with E-state index in [1.54, 1.807) is 0 Å². The van der Waals surface area contributed by atoms with Crippen molar-refractivity contribution in [2.75, 3.05) is 0 Å². The van der Waals surface area contributed by atoms with Gasteiger partial charge in [0.15, 0.2) is 0 Å². The van der Waals surface area contributed by atoms with Gasteiger partial charge >= 0.3 is 0 Å². The summed E-state index contributed by atoms with van der Waals surface area (Å²) < 4.78 is 0. The average Bonchev–Trinajstić information content (AvgIpc) is 2.27. The molecule has 1 aromatic rings. The topological polar surface area (TPSA) is 26.0 Å². The first-order chi connectivity index (χ1) is 6.83. The Balaban J connectivity index is 2.44. The van der Waals surface area contributed by atoms with E-state index >= 15 is 0 Å². The minimum Gasteiger partial charge on any atom is -0.321 e. The summed E-state index contributed by atoms with van der Waals surface area (Å²) in [5, 5.41) is 0. The Kier molecular flexibility index (Phi) is 2.69. The molecular weight excluding hydrogens is 170 g/mol. The molecule has 0 saturated heterocycles. The lowest BCUT2D eigenvalue weighted by molar-refractivity contribution is 0.673. The zero-order chi connectivity index (χ0) is 9.97. The molecule has 0 radical (unpaired) electrons. The van der Waals surface area contributed by atoms with Crippen LogP contribution in [0.3, 0.4) is 0 Å². The first-order valence-corrected chi connectivity index (χ1v) is 5.31. The van der Waals surface area contributed by atoms with E-state index in [2.05, 4.69) is 24.8 Å². The second kappa shape index (κ2) is 3.97. The zero-order valence-corrected chi connectivity index (χ0v) is 8.50. The number of nitrogens with two attached hydrogens (primary N) is 1. The Bertz CT molecular complexity index is 341. The highest BCUT2D eigenvalue weighted by Crippen LogP contribution is 2.27. The maximum atomic E-state index is 6.00. The van der Waals surface area contributed by atoms with Gasteiger partial charge in [-0.05, 0) is 42.4 Å². The van der Waals surface area contributed by atoms with E-state index in [1.807, 2.05) is 6.08 Å². The Morgan fingerprint density at radius 2 is 2.07 bits per heavy atom. The molecule has 0 spiro atoms. The maximum Gasteiger partial charge on any atom is 0.0481 e. The van der Waals surface area contributed by atoms with Crippen LogP contribution in [-0.4, -0.2) is 0 Å². The molecule has 0 aliphatic heterocycles. The highest BCUT2D eigenvalue weighted by atomic mass is 14.6. The molecule has 0 heterocycles. The molecule has 1 atom stereocenters. The summed E-state index contributed by atoms with van der Waals surface area (Å²) in [6.45, 7) is 3.76. The molecule has 14 heavy (non-hydrogen) atoms. The van der Waals surface area contributed by atoms with Crippen molar-refractivity contribution >= 4 is 0 Å². The number of aryl methyl sites for hydroxylation is 1. The smallest absolute Gasteiger partial charge is 0.0481 e. The van der Waals surface area contributed by atoms with Gasteiger partial charge in [-0.3, -0.25) is 0 Å². The van der Waals surface area contributed by atoms with Crippen molar-refractivity contribution in [1.29, 1.82) is 0 Å². The summed E-state index contributed by atoms with van der Waals surface area (Å²) in [4.78, 5) is 0. The Hall–Kier alpha value is -1.08. The van der Waals surface area contributed by atoms with E-state index in [9.17, 15) is 0 Å². The van der Waals surface area contributed by atoms with Crippen LogP contribution in [0.4, 0.5) is 0 Å². The lowest BCUT2D eigenvalue weighted by atomic mass is 9.86. The fourth-order valence-electron chi connectivity index (χ4n) is 2.25. The molecule has 1 aliphatic rings. The van der Waals surface area contributed by atoms with Crippen LogP contribution in [0.2, 0.25) is 0 Å². The molecule has 1 nitrogen and oxygen atoms in total. The van der Waals surface area contributed by atoms with Gasteiger partial charge in [-0.25, -0.2) is 0 Å². The number of benzene rings is 1. The summed E-state index contributed by atoms with van der Waals surface area (Å²) >= 11 is 0. The zero-order valence-electron chi connectivity index (χ0n) is 8.50. The van der Waals surface area contributed by atoms with Crippen LogP contribution in [0.15, 0.2) is 30.9 Å². The van der Waals surface area contributed by atoms with Gasteiger partial charge in [-0.2, -0.15) is 0 Å². The Morgan fingerprint density at radius 1 is 1.29 bits per heavy atom. The van der Waals surface area contributed by atoms with Crippen LogP contribution in [0.25, 0.3) is 0 Å². The largest absolute Gasteiger partial charge is 0.321 e. The molecular formula is C13H17N. The van der Waals surface area contributed by atoms with Gasteiger partial charge in [0.25, 0.3) is 0 Å². The van der Waals surface area contributed by atoms with E-state index in [4.69, 9.17) is 5.73 Å². The molecule has 74 valence electrons. The van der Waals surface area contributed by atoms with E-state index < -0.39 is 0 Å². The van der Waals surface area contributed by atoms with Gasteiger partial charge in [-0.1, -0.05) is 24.3 Å². The molecule has 0 saturated carbocycles. The quantitative estimate of drug-likeness (QED) is 0.708. The van der Waals surface area contributed by atoms with Gasteiger partial charge in [0.2, 0.25) is 0 Å². The third kappa shape index (κ3) is 1.60. The van der Waals surface area contributed by atoms with Gasteiger partial charge in [0, 0.05) is 6.04 Å². The predicted octanol–water partition coefficient (Wildman–Crippen LogP) is 2.75. The van der Waals surface area contributed by atoms with Gasteiger partial charge in [0.1, 0.15) is 0 Å². The number of hydrogen-bond acceptors (Lipinski definition) is 1. The molecule has 0 amide bonds. The normalized spacial score (nSPS) is 17.2. The minimum atomic E-state index is 0.00282. The third-order valence-electron chi connectivity index (χ3n) is 3.05. The molecule has 2 N–H and O–H groups in total. The third-order valence-corrected chi connectivity index (χ3v) is 3.05. The monoisotopic (exact) mass is 187 g/mol. The highest BCUT2D eigenvalue weighted by molar-refractivity contribution is 5.40. The average molecular weight is 187 g/mol. The van der Waals surface area contributed by atoms with Gasteiger partial charge < -0.3 is 5.73 Å². The van der Waals surface area contributed by atoms with E-state index in [0.717, 1.165) is 0 Å². The summed E-state index contributed by atoms with van der Waals surface area (Å²) in [7, 11) is 0. The van der Waals surface area contributed by atoms with Crippen molar-refractivity contribution in [3.63, 3.8) is 0 Å². The van der Waals surface area contributed by atoms with E-state index in [1.165, 1.54) is 42.4 Å². The second-order valence-corrected chi connectivity index (χ2v) is 3.95. The van der Waals surface area contributed by atoms with Gasteiger partial charge in [-0.15, -0.1) is 6.58 Å². The number of fused-ring (bicyclic) bond motifs is 1. The van der Waals surface area contributed by atoms with Crippen molar-refractivity contribution in [3.8, 4) is 0 Å². The van der Waals surface area contributed by atoms with Crippen molar-refractivity contribution in [2.24, 2.45) is 5.73 Å². The van der Waals surface area contributed by atoms with Crippen LogP contribution in [0, 0.1) is 0 Å². The lowest BCUT2D eigenvalue weighted by Gasteiger charge is -2.21. The molecule has 0 unspecified atom stereocenters. The van der Waals surface area contributed by atoms with Crippen molar-refractivity contribution in [3.05, 3.63) is 47.5 Å². The minimum absolute atomic E-state index is 0.00282. The fourth-order valence-corrected chi connectivity index (χ4v) is 2.25. The molecule has 1 aliphatic carbocycles. The second-order valence-electron chi connectivity index (χ2n) is 3.95. The van der Waals surface area contributed by atoms with Crippen molar-refractivity contribution in [2.45, 2.75) is 31.7 Å². The maximum absolute atomic E-state index is 6.00. The molecule has 0 aromatic heterocycles. The Labute approximate surface area is 85.6 Å². The van der Waals surface area contributed by atoms with Crippen LogP contribution >= 0.6 is 0 Å².